The van der Waals surface area contributed by atoms with Crippen molar-refractivity contribution in [3.8, 4) is 11.1 Å². The van der Waals surface area contributed by atoms with E-state index in [-0.39, 0.29) is 17.9 Å². The van der Waals surface area contributed by atoms with E-state index in [0.29, 0.717) is 13.1 Å². The van der Waals surface area contributed by atoms with Gasteiger partial charge in [-0.25, -0.2) is 4.79 Å². The van der Waals surface area contributed by atoms with Gasteiger partial charge in [0.1, 0.15) is 6.04 Å². The molecular formula is C36H40N6O2S. The molecule has 3 amide bonds. The predicted octanol–water partition coefficient (Wildman–Crippen LogP) is 6.60. The molecule has 2 atom stereocenters. The van der Waals surface area contributed by atoms with Gasteiger partial charge in [0.15, 0.2) is 0 Å². The third-order valence-electron chi connectivity index (χ3n) is 8.53. The molecule has 0 aliphatic carbocycles. The third-order valence-corrected chi connectivity index (χ3v) is 9.22. The van der Waals surface area contributed by atoms with Crippen LogP contribution in [0.25, 0.3) is 22.0 Å². The van der Waals surface area contributed by atoms with Crippen LogP contribution in [0.15, 0.2) is 95.8 Å². The van der Waals surface area contributed by atoms with Crippen molar-refractivity contribution in [3.63, 3.8) is 0 Å². The number of urea groups is 1. The fourth-order valence-electron chi connectivity index (χ4n) is 6.14. The largest absolute Gasteiger partial charge is 0.368 e. The summed E-state index contributed by atoms with van der Waals surface area (Å²) < 4.78 is 0. The summed E-state index contributed by atoms with van der Waals surface area (Å²) in [6.45, 7) is 5.37. The topological polar surface area (TPSA) is 83.7 Å². The van der Waals surface area contributed by atoms with E-state index in [2.05, 4.69) is 67.2 Å². The molecule has 0 bridgehead atoms. The molecule has 232 valence electrons. The molecule has 1 saturated heterocycles. The number of H-pyrrole nitrogens is 1. The highest BCUT2D eigenvalue weighted by atomic mass is 32.1. The zero-order chi connectivity index (χ0) is 31.3. The zero-order valence-corrected chi connectivity index (χ0v) is 26.8. The monoisotopic (exact) mass is 620 g/mol. The van der Waals surface area contributed by atoms with E-state index in [4.69, 9.17) is 0 Å². The second-order valence-corrected chi connectivity index (χ2v) is 12.7. The molecule has 1 aliphatic heterocycles. The van der Waals surface area contributed by atoms with Crippen LogP contribution in [0.4, 0.5) is 16.2 Å². The van der Waals surface area contributed by atoms with Crippen LogP contribution in [0.3, 0.4) is 0 Å². The number of piperazine rings is 1. The molecule has 0 spiro atoms. The maximum Gasteiger partial charge on any atom is 0.318 e. The minimum Gasteiger partial charge on any atom is -0.368 e. The second-order valence-electron chi connectivity index (χ2n) is 11.9. The maximum absolute atomic E-state index is 14.3. The Kier molecular flexibility index (Phi) is 9.18. The molecule has 0 radical (unpaired) electrons. The van der Waals surface area contributed by atoms with E-state index < -0.39 is 6.04 Å². The number of thiophene rings is 1. The van der Waals surface area contributed by atoms with E-state index in [9.17, 15) is 9.59 Å². The number of aromatic amines is 1. The zero-order valence-electron chi connectivity index (χ0n) is 26.0. The Morgan fingerprint density at radius 2 is 1.71 bits per heavy atom. The summed E-state index contributed by atoms with van der Waals surface area (Å²) in [5, 5.41) is 11.5. The minimum atomic E-state index is -0.809. The number of fused-ring (bicyclic) bond motifs is 1. The van der Waals surface area contributed by atoms with Crippen LogP contribution < -0.4 is 15.5 Å². The highest BCUT2D eigenvalue weighted by Gasteiger charge is 2.32. The van der Waals surface area contributed by atoms with Gasteiger partial charge in [-0.1, -0.05) is 55.5 Å². The lowest BCUT2D eigenvalue weighted by molar-refractivity contribution is -0.118. The molecule has 5 aromatic rings. The standard InChI is InChI=1S/C36H40N6O2S/c1-25(31-22-37-32-12-8-7-11-30(31)32)34(39-36(44)42-18-16-41(17-19-42)28-9-5-4-6-10-28)35(43)38-33-21-26(23-40(2)3)13-14-29(33)27-15-20-45-24-27/h4-15,20-22,24-25,34,37H,16-19,23H2,1-3H3,(H,38,43)(H,39,44)/t25-,34+/m0/s1. The van der Waals surface area contributed by atoms with Crippen molar-refractivity contribution in [1.29, 1.82) is 0 Å². The first kappa shape index (κ1) is 30.4. The van der Waals surface area contributed by atoms with Crippen LogP contribution in [-0.4, -0.2) is 73.0 Å². The van der Waals surface area contributed by atoms with E-state index in [1.54, 1.807) is 11.3 Å². The summed E-state index contributed by atoms with van der Waals surface area (Å²) in [5.74, 6) is -0.548. The number of carbonyl (C=O) groups excluding carboxylic acids is 2. The minimum absolute atomic E-state index is 0.228. The molecule has 6 rings (SSSR count). The van der Waals surface area contributed by atoms with Crippen molar-refractivity contribution >= 4 is 45.6 Å². The van der Waals surface area contributed by atoms with E-state index in [1.165, 1.54) is 0 Å². The van der Waals surface area contributed by atoms with Crippen molar-refractivity contribution in [2.75, 3.05) is 50.5 Å². The summed E-state index contributed by atoms with van der Waals surface area (Å²) in [4.78, 5) is 37.6. The lowest BCUT2D eigenvalue weighted by Crippen LogP contribution is -2.56. The van der Waals surface area contributed by atoms with Crippen molar-refractivity contribution in [1.82, 2.24) is 20.1 Å². The van der Waals surface area contributed by atoms with E-state index >= 15 is 0 Å². The molecule has 1 fully saturated rings. The molecule has 3 heterocycles. The molecule has 2 aromatic heterocycles. The Morgan fingerprint density at radius 3 is 2.44 bits per heavy atom. The number of para-hydroxylation sites is 2. The summed E-state index contributed by atoms with van der Waals surface area (Å²) in [6, 6.07) is 25.6. The Balaban J connectivity index is 1.27. The molecule has 0 saturated carbocycles. The summed E-state index contributed by atoms with van der Waals surface area (Å²) in [6.07, 6.45) is 1.95. The number of anilines is 2. The maximum atomic E-state index is 14.3. The second kappa shape index (κ2) is 13.6. The Morgan fingerprint density at radius 1 is 0.956 bits per heavy atom. The van der Waals surface area contributed by atoms with Crippen LogP contribution in [0.2, 0.25) is 0 Å². The molecule has 45 heavy (non-hydrogen) atoms. The van der Waals surface area contributed by atoms with Gasteiger partial charge in [0, 0.05) is 72.7 Å². The van der Waals surface area contributed by atoms with Crippen LogP contribution in [0.5, 0.6) is 0 Å². The SMILES string of the molecule is C[C@@H](c1c[nH]c2ccccc12)[C@@H](NC(=O)N1CCN(c2ccccc2)CC1)C(=O)Nc1cc(CN(C)C)ccc1-c1ccsc1. The average Bonchev–Trinajstić information content (AvgIpc) is 3.74. The molecule has 9 heteroatoms. The number of amides is 3. The van der Waals surface area contributed by atoms with Gasteiger partial charge in [-0.2, -0.15) is 11.3 Å². The number of nitrogens with zero attached hydrogens (tertiary/aromatic N) is 3. The summed E-state index contributed by atoms with van der Waals surface area (Å²) in [5.41, 5.74) is 6.97. The van der Waals surface area contributed by atoms with Crippen LogP contribution in [-0.2, 0) is 11.3 Å². The number of carbonyl (C=O) groups is 2. The fourth-order valence-corrected chi connectivity index (χ4v) is 6.79. The first-order valence-corrected chi connectivity index (χ1v) is 16.3. The van der Waals surface area contributed by atoms with Gasteiger partial charge in [0.25, 0.3) is 0 Å². The summed E-state index contributed by atoms with van der Waals surface area (Å²) >= 11 is 1.62. The van der Waals surface area contributed by atoms with Gasteiger partial charge in [0.2, 0.25) is 5.91 Å². The van der Waals surface area contributed by atoms with Gasteiger partial charge >= 0.3 is 6.03 Å². The van der Waals surface area contributed by atoms with Crippen molar-refractivity contribution < 1.29 is 9.59 Å². The van der Waals surface area contributed by atoms with Crippen molar-refractivity contribution in [2.45, 2.75) is 25.4 Å². The lowest BCUT2D eigenvalue weighted by atomic mass is 9.92. The highest BCUT2D eigenvalue weighted by molar-refractivity contribution is 7.08. The normalized spacial score (nSPS) is 14.8. The predicted molar refractivity (Wildman–Crippen MR) is 185 cm³/mol. The van der Waals surface area contributed by atoms with E-state index in [0.717, 1.165) is 64.2 Å². The Hall–Kier alpha value is -4.60. The number of nitrogens with one attached hydrogen (secondary N) is 3. The highest BCUT2D eigenvalue weighted by Crippen LogP contribution is 2.33. The van der Waals surface area contributed by atoms with Gasteiger partial charge in [-0.15, -0.1) is 0 Å². The van der Waals surface area contributed by atoms with Crippen LogP contribution in [0.1, 0.15) is 24.0 Å². The van der Waals surface area contributed by atoms with Gasteiger partial charge in [-0.05, 0) is 71.9 Å². The average molecular weight is 621 g/mol. The molecular weight excluding hydrogens is 581 g/mol. The molecule has 1 aliphatic rings. The number of benzene rings is 3. The first-order chi connectivity index (χ1) is 21.9. The first-order valence-electron chi connectivity index (χ1n) is 15.4. The van der Waals surface area contributed by atoms with Crippen LogP contribution >= 0.6 is 11.3 Å². The van der Waals surface area contributed by atoms with Crippen molar-refractivity contribution in [3.05, 3.63) is 107 Å². The lowest BCUT2D eigenvalue weighted by Gasteiger charge is -2.37. The van der Waals surface area contributed by atoms with Gasteiger partial charge in [0.05, 0.1) is 0 Å². The van der Waals surface area contributed by atoms with Gasteiger partial charge in [-0.3, -0.25) is 4.79 Å². The molecule has 8 nitrogen and oxygen atoms in total. The number of aromatic nitrogens is 1. The van der Waals surface area contributed by atoms with Crippen LogP contribution in [0, 0.1) is 0 Å². The summed E-state index contributed by atoms with van der Waals surface area (Å²) in [7, 11) is 4.05. The Bertz CT molecular complexity index is 1740. The molecule has 3 aromatic carbocycles. The smallest absolute Gasteiger partial charge is 0.318 e. The molecule has 3 N–H and O–H groups in total. The fraction of sp³-hybridized carbons (Fsp3) is 0.278. The third kappa shape index (κ3) is 6.90. The molecule has 0 unspecified atom stereocenters. The quantitative estimate of drug-likeness (QED) is 0.173. The van der Waals surface area contributed by atoms with E-state index in [1.807, 2.05) is 80.0 Å². The number of hydrogen-bond donors (Lipinski definition) is 3. The number of hydrogen-bond acceptors (Lipinski definition) is 5. The number of rotatable bonds is 9. The van der Waals surface area contributed by atoms with Crippen molar-refractivity contribution in [2.24, 2.45) is 0 Å². The van der Waals surface area contributed by atoms with Gasteiger partial charge < -0.3 is 30.3 Å². The Labute approximate surface area is 268 Å².